The van der Waals surface area contributed by atoms with E-state index in [1.165, 1.54) is 18.9 Å². The number of urea groups is 1. The number of carbonyl (C=O) groups is 3. The summed E-state index contributed by atoms with van der Waals surface area (Å²) >= 11 is 1.40. The van der Waals surface area contributed by atoms with E-state index in [1.54, 1.807) is 6.07 Å². The third kappa shape index (κ3) is 5.77. The summed E-state index contributed by atoms with van der Waals surface area (Å²) in [4.78, 5) is 40.5. The maximum absolute atomic E-state index is 13.1. The van der Waals surface area contributed by atoms with Gasteiger partial charge in [-0.25, -0.2) is 9.59 Å². The van der Waals surface area contributed by atoms with Crippen molar-refractivity contribution in [3.8, 4) is 5.75 Å². The van der Waals surface area contributed by atoms with Crippen LogP contribution < -0.4 is 15.4 Å². The smallest absolute Gasteiger partial charge is 0.356 e. The van der Waals surface area contributed by atoms with Gasteiger partial charge >= 0.3 is 12.0 Å². The fraction of sp³-hybridized carbons (Fsp3) is 0.393. The Balaban J connectivity index is 1.53. The molecule has 1 aliphatic rings. The quantitative estimate of drug-likeness (QED) is 0.316. The average Bonchev–Trinajstić information content (AvgIpc) is 3.42. The number of anilines is 2. The lowest BCUT2D eigenvalue weighted by molar-refractivity contribution is -0.114. The second-order valence-corrected chi connectivity index (χ2v) is 11.2. The summed E-state index contributed by atoms with van der Waals surface area (Å²) in [7, 11) is 1.31. The van der Waals surface area contributed by atoms with Crippen LogP contribution in [0, 0.1) is 12.8 Å². The molecule has 196 valence electrons. The van der Waals surface area contributed by atoms with Gasteiger partial charge in [-0.3, -0.25) is 4.79 Å². The highest BCUT2D eigenvalue weighted by Crippen LogP contribution is 2.35. The number of methoxy groups -OCH3 is 1. The Morgan fingerprint density at radius 1 is 1.11 bits per heavy atom. The van der Waals surface area contributed by atoms with Crippen molar-refractivity contribution < 1.29 is 23.9 Å². The van der Waals surface area contributed by atoms with Gasteiger partial charge in [0.1, 0.15) is 11.4 Å². The Labute approximate surface area is 220 Å². The summed E-state index contributed by atoms with van der Waals surface area (Å²) in [5, 5.41) is 7.67. The van der Waals surface area contributed by atoms with Crippen LogP contribution in [0.3, 0.4) is 0 Å². The van der Waals surface area contributed by atoms with Crippen molar-refractivity contribution in [2.75, 3.05) is 30.1 Å². The highest BCUT2D eigenvalue weighted by molar-refractivity contribution is 8.14. The van der Waals surface area contributed by atoms with Crippen molar-refractivity contribution in [3.05, 3.63) is 53.3 Å². The Morgan fingerprint density at radius 3 is 2.49 bits per heavy atom. The van der Waals surface area contributed by atoms with Gasteiger partial charge in [0, 0.05) is 33.6 Å². The van der Waals surface area contributed by atoms with Crippen molar-refractivity contribution in [2.24, 2.45) is 5.92 Å². The van der Waals surface area contributed by atoms with E-state index in [9.17, 15) is 14.4 Å². The monoisotopic (exact) mass is 523 g/mol. The molecule has 4 rings (SSSR count). The molecule has 1 saturated heterocycles. The summed E-state index contributed by atoms with van der Waals surface area (Å²) in [6, 6.07) is 10.8. The number of rotatable bonds is 7. The first-order valence-electron chi connectivity index (χ1n) is 12.3. The van der Waals surface area contributed by atoms with Gasteiger partial charge in [0.2, 0.25) is 0 Å². The summed E-state index contributed by atoms with van der Waals surface area (Å²) in [6.45, 7) is 8.39. The largest absolute Gasteiger partial charge is 0.493 e. The molecule has 0 aliphatic carbocycles. The first-order valence-corrected chi connectivity index (χ1v) is 13.3. The minimum Gasteiger partial charge on any atom is -0.493 e. The summed E-state index contributed by atoms with van der Waals surface area (Å²) in [6.07, 6.45) is 1.60. The number of ether oxygens (including phenoxy) is 2. The molecular weight excluding hydrogens is 490 g/mol. The number of aromatic amines is 1. The third-order valence-corrected chi connectivity index (χ3v) is 7.59. The predicted molar refractivity (Wildman–Crippen MR) is 148 cm³/mol. The molecule has 1 aromatic heterocycles. The minimum absolute atomic E-state index is 0.0615. The molecule has 0 radical (unpaired) electrons. The molecule has 1 fully saturated rings. The Hall–Kier alpha value is -3.46. The molecule has 8 nitrogen and oxygen atoms in total. The van der Waals surface area contributed by atoms with Crippen LogP contribution in [0.4, 0.5) is 16.2 Å². The maximum atomic E-state index is 13.1. The first kappa shape index (κ1) is 26.6. The zero-order valence-electron chi connectivity index (χ0n) is 21.8. The number of H-pyrrole nitrogens is 1. The van der Waals surface area contributed by atoms with Gasteiger partial charge in [-0.1, -0.05) is 56.8 Å². The summed E-state index contributed by atoms with van der Waals surface area (Å²) in [5.74, 6) is 1.09. The van der Waals surface area contributed by atoms with E-state index in [0.29, 0.717) is 30.2 Å². The molecule has 3 N–H and O–H groups in total. The molecule has 2 aromatic carbocycles. The molecule has 1 unspecified atom stereocenters. The summed E-state index contributed by atoms with van der Waals surface area (Å²) < 4.78 is 11.0. The van der Waals surface area contributed by atoms with Crippen LogP contribution in [0.1, 0.15) is 55.4 Å². The van der Waals surface area contributed by atoms with Crippen LogP contribution >= 0.6 is 11.8 Å². The van der Waals surface area contributed by atoms with E-state index in [-0.39, 0.29) is 22.1 Å². The van der Waals surface area contributed by atoms with E-state index < -0.39 is 12.0 Å². The fourth-order valence-corrected chi connectivity index (χ4v) is 5.71. The van der Waals surface area contributed by atoms with Crippen molar-refractivity contribution >= 4 is 51.0 Å². The van der Waals surface area contributed by atoms with Crippen LogP contribution in [0.25, 0.3) is 10.8 Å². The molecule has 1 aliphatic heterocycles. The molecule has 0 spiro atoms. The molecule has 9 heteroatoms. The van der Waals surface area contributed by atoms with Crippen LogP contribution in [0.2, 0.25) is 0 Å². The Morgan fingerprint density at radius 2 is 1.84 bits per heavy atom. The fourth-order valence-electron chi connectivity index (χ4n) is 4.64. The number of nitrogens with one attached hydrogen (secondary N) is 3. The standard InChI is InChI=1S/C28H33N3O5S/c1-16-22(23(25(32)35-5)30-24(16)28(2,3)4)31-27(34)29-20-10-11-21(19-9-7-6-8-18(19)20)36-14-12-17-13-15-37-26(17)33/h6-11,17,30H,12-15H2,1-5H3,(H2,29,31,34). The number of fused-ring (bicyclic) bond motifs is 1. The second kappa shape index (κ2) is 10.9. The molecular formula is C28H33N3O5S. The number of carbonyl (C=O) groups excluding carboxylic acids is 3. The second-order valence-electron chi connectivity index (χ2n) is 10.1. The molecule has 2 heterocycles. The molecule has 0 saturated carbocycles. The lowest BCUT2D eigenvalue weighted by Crippen LogP contribution is -2.21. The van der Waals surface area contributed by atoms with Crippen molar-refractivity contribution in [2.45, 2.75) is 46.0 Å². The predicted octanol–water partition coefficient (Wildman–Crippen LogP) is 6.25. The van der Waals surface area contributed by atoms with Gasteiger partial charge in [-0.05, 0) is 37.5 Å². The van der Waals surface area contributed by atoms with Gasteiger partial charge in [0.25, 0.3) is 0 Å². The zero-order chi connectivity index (χ0) is 26.7. The number of benzene rings is 2. The van der Waals surface area contributed by atoms with Crippen LogP contribution in [-0.4, -0.2) is 41.6 Å². The Bertz CT molecular complexity index is 1340. The number of hydrogen-bond acceptors (Lipinski definition) is 6. The third-order valence-electron chi connectivity index (χ3n) is 6.53. The van der Waals surface area contributed by atoms with Gasteiger partial charge in [-0.15, -0.1) is 0 Å². The number of aromatic nitrogens is 1. The zero-order valence-corrected chi connectivity index (χ0v) is 22.6. The Kier molecular flexibility index (Phi) is 7.82. The SMILES string of the molecule is COC(=O)c1[nH]c(C(C)(C)C)c(C)c1NC(=O)Nc1ccc(OCCC2CCSC2=O)c2ccccc12. The average molecular weight is 524 g/mol. The maximum Gasteiger partial charge on any atom is 0.356 e. The van der Waals surface area contributed by atoms with Gasteiger partial charge in [0.05, 0.1) is 25.1 Å². The van der Waals surface area contributed by atoms with Crippen LogP contribution in [0.15, 0.2) is 36.4 Å². The minimum atomic E-state index is -0.557. The van der Waals surface area contributed by atoms with E-state index in [0.717, 1.165) is 34.2 Å². The lowest BCUT2D eigenvalue weighted by Gasteiger charge is -2.18. The van der Waals surface area contributed by atoms with E-state index in [1.807, 2.05) is 58.0 Å². The number of esters is 1. The molecule has 1 atom stereocenters. The van der Waals surface area contributed by atoms with Gasteiger partial charge in [0.15, 0.2) is 5.12 Å². The van der Waals surface area contributed by atoms with Crippen molar-refractivity contribution in [1.82, 2.24) is 4.98 Å². The lowest BCUT2D eigenvalue weighted by atomic mass is 9.90. The number of thioether (sulfide) groups is 1. The first-order chi connectivity index (χ1) is 17.6. The highest BCUT2D eigenvalue weighted by atomic mass is 32.2. The van der Waals surface area contributed by atoms with Crippen molar-refractivity contribution in [1.29, 1.82) is 0 Å². The topological polar surface area (TPSA) is 110 Å². The van der Waals surface area contributed by atoms with Crippen LogP contribution in [0.5, 0.6) is 5.75 Å². The van der Waals surface area contributed by atoms with Crippen LogP contribution in [-0.2, 0) is 14.9 Å². The van der Waals surface area contributed by atoms with E-state index in [4.69, 9.17) is 9.47 Å². The molecule has 37 heavy (non-hydrogen) atoms. The molecule has 0 bridgehead atoms. The van der Waals surface area contributed by atoms with Gasteiger partial charge < -0.3 is 25.1 Å². The summed E-state index contributed by atoms with van der Waals surface area (Å²) in [5.41, 5.74) is 2.54. The number of amides is 2. The normalized spacial score (nSPS) is 15.6. The van der Waals surface area contributed by atoms with E-state index >= 15 is 0 Å². The highest BCUT2D eigenvalue weighted by Gasteiger charge is 2.28. The van der Waals surface area contributed by atoms with Gasteiger partial charge in [-0.2, -0.15) is 0 Å². The molecule has 3 aromatic rings. The van der Waals surface area contributed by atoms with E-state index in [2.05, 4.69) is 15.6 Å². The van der Waals surface area contributed by atoms with Crippen molar-refractivity contribution in [3.63, 3.8) is 0 Å². The number of hydrogen-bond donors (Lipinski definition) is 3. The molecule has 2 amide bonds.